The lowest BCUT2D eigenvalue weighted by Crippen LogP contribution is -2.47. The molecule has 4 amide bonds. The predicted octanol–water partition coefficient (Wildman–Crippen LogP) is 2.12. The largest absolute Gasteiger partial charge is 0.454 e. The number of esters is 1. The molecule has 2 aliphatic rings. The summed E-state index contributed by atoms with van der Waals surface area (Å²) in [5, 5.41) is 5.65. The number of carbonyl (C=O) groups excluding carboxylic acids is 4. The molecule has 0 aromatic heterocycles. The highest BCUT2D eigenvalue weighted by Crippen LogP contribution is 2.28. The van der Waals surface area contributed by atoms with Crippen LogP contribution in [0.1, 0.15) is 72.1 Å². The molecule has 0 aromatic rings. The Morgan fingerprint density at radius 3 is 2.43 bits per heavy atom. The van der Waals surface area contributed by atoms with Crippen LogP contribution in [-0.2, 0) is 19.1 Å². The second-order valence-electron chi connectivity index (χ2n) is 8.00. The zero-order chi connectivity index (χ0) is 20.7. The summed E-state index contributed by atoms with van der Waals surface area (Å²) in [4.78, 5) is 50.0. The van der Waals surface area contributed by atoms with Crippen molar-refractivity contribution in [3.63, 3.8) is 0 Å². The number of nitrogens with one attached hydrogen (secondary N) is 2. The van der Waals surface area contributed by atoms with Crippen molar-refractivity contribution in [3.8, 4) is 0 Å². The Kier molecular flexibility index (Phi) is 7.83. The topological polar surface area (TPSA) is 105 Å². The molecular formula is C20H33N3O5. The third-order valence-corrected chi connectivity index (χ3v) is 5.71. The zero-order valence-electron chi connectivity index (χ0n) is 17.2. The van der Waals surface area contributed by atoms with E-state index >= 15 is 0 Å². The summed E-state index contributed by atoms with van der Waals surface area (Å²) in [7, 11) is 0. The minimum atomic E-state index is -0.935. The van der Waals surface area contributed by atoms with Crippen LogP contribution >= 0.6 is 0 Å². The van der Waals surface area contributed by atoms with Crippen molar-refractivity contribution in [2.45, 2.75) is 83.7 Å². The molecule has 2 atom stereocenters. The molecule has 1 saturated carbocycles. The smallest absolute Gasteiger partial charge is 0.326 e. The zero-order valence-corrected chi connectivity index (χ0v) is 17.2. The van der Waals surface area contributed by atoms with Gasteiger partial charge >= 0.3 is 12.0 Å². The van der Waals surface area contributed by atoms with Crippen LogP contribution in [0.15, 0.2) is 0 Å². The number of rotatable bonds is 9. The number of amides is 4. The second kappa shape index (κ2) is 9.89. The predicted molar refractivity (Wildman–Crippen MR) is 103 cm³/mol. The molecule has 0 unspecified atom stereocenters. The number of hydrogen-bond acceptors (Lipinski definition) is 5. The fraction of sp³-hybridized carbons (Fsp3) is 0.800. The number of imide groups is 1. The van der Waals surface area contributed by atoms with Crippen LogP contribution in [0.4, 0.5) is 4.79 Å². The van der Waals surface area contributed by atoms with Gasteiger partial charge in [-0.15, -0.1) is 0 Å². The molecule has 0 aromatic carbocycles. The van der Waals surface area contributed by atoms with E-state index in [1.165, 1.54) is 6.42 Å². The van der Waals surface area contributed by atoms with Gasteiger partial charge in [-0.1, -0.05) is 46.5 Å². The minimum absolute atomic E-state index is 0.106. The Morgan fingerprint density at radius 2 is 1.82 bits per heavy atom. The summed E-state index contributed by atoms with van der Waals surface area (Å²) >= 11 is 0. The van der Waals surface area contributed by atoms with Gasteiger partial charge in [-0.3, -0.25) is 19.3 Å². The van der Waals surface area contributed by atoms with E-state index < -0.39 is 36.6 Å². The van der Waals surface area contributed by atoms with Gasteiger partial charge in [0.05, 0.1) is 0 Å². The van der Waals surface area contributed by atoms with Crippen LogP contribution in [0.2, 0.25) is 0 Å². The molecule has 0 radical (unpaired) electrons. The van der Waals surface area contributed by atoms with E-state index in [9.17, 15) is 19.2 Å². The first-order chi connectivity index (χ1) is 13.3. The van der Waals surface area contributed by atoms with Crippen molar-refractivity contribution in [1.82, 2.24) is 15.5 Å². The molecule has 0 spiro atoms. The lowest BCUT2D eigenvalue weighted by Gasteiger charge is -2.29. The van der Waals surface area contributed by atoms with E-state index in [2.05, 4.69) is 17.6 Å². The van der Waals surface area contributed by atoms with E-state index in [1.54, 1.807) is 0 Å². The molecular weight excluding hydrogens is 362 g/mol. The van der Waals surface area contributed by atoms with E-state index in [0.29, 0.717) is 18.8 Å². The van der Waals surface area contributed by atoms with Gasteiger partial charge in [-0.2, -0.15) is 0 Å². The maximum Gasteiger partial charge on any atom is 0.326 e. The molecule has 2 N–H and O–H groups in total. The first kappa shape index (κ1) is 22.2. The van der Waals surface area contributed by atoms with Crippen molar-refractivity contribution in [2.75, 3.05) is 13.2 Å². The maximum absolute atomic E-state index is 12.7. The van der Waals surface area contributed by atoms with Crippen molar-refractivity contribution < 1.29 is 23.9 Å². The van der Waals surface area contributed by atoms with Crippen molar-refractivity contribution >= 4 is 23.8 Å². The molecule has 1 heterocycles. The molecule has 8 nitrogen and oxygen atoms in total. The van der Waals surface area contributed by atoms with E-state index in [4.69, 9.17) is 4.74 Å². The molecule has 0 bridgehead atoms. The van der Waals surface area contributed by atoms with E-state index in [0.717, 1.165) is 37.0 Å². The standard InChI is InChI=1S/C20H33N3O5/c1-4-10-20(11-5-2)18(26)23(19(27)22-20)12-17(25)28-13-16(24)21-15-9-7-6-8-14(15)3/h14-15H,4-13H2,1-3H3,(H,21,24)(H,22,27)/t14-,15-/m1/s1. The second-order valence-corrected chi connectivity index (χ2v) is 8.00. The molecule has 1 saturated heterocycles. The molecule has 8 heteroatoms. The van der Waals surface area contributed by atoms with Crippen molar-refractivity contribution in [3.05, 3.63) is 0 Å². The van der Waals surface area contributed by atoms with Gasteiger partial charge in [0.2, 0.25) is 0 Å². The number of nitrogens with zero attached hydrogens (tertiary/aromatic N) is 1. The van der Waals surface area contributed by atoms with Crippen molar-refractivity contribution in [2.24, 2.45) is 5.92 Å². The quantitative estimate of drug-likeness (QED) is 0.460. The van der Waals surface area contributed by atoms with Gasteiger partial charge < -0.3 is 15.4 Å². The fourth-order valence-corrected chi connectivity index (χ4v) is 4.24. The molecule has 158 valence electrons. The third kappa shape index (κ3) is 5.23. The molecule has 28 heavy (non-hydrogen) atoms. The number of urea groups is 1. The van der Waals surface area contributed by atoms with Crippen LogP contribution in [-0.4, -0.2) is 53.4 Å². The molecule has 2 rings (SSSR count). The van der Waals surface area contributed by atoms with Crippen LogP contribution in [0.25, 0.3) is 0 Å². The van der Waals surface area contributed by atoms with Gasteiger partial charge in [0, 0.05) is 6.04 Å². The molecule has 2 fully saturated rings. The van der Waals surface area contributed by atoms with Gasteiger partial charge in [-0.05, 0) is 31.6 Å². The fourth-order valence-electron chi connectivity index (χ4n) is 4.24. The number of hydrogen-bond donors (Lipinski definition) is 2. The van der Waals surface area contributed by atoms with Crippen LogP contribution < -0.4 is 10.6 Å². The highest BCUT2D eigenvalue weighted by molar-refractivity contribution is 6.08. The van der Waals surface area contributed by atoms with Crippen LogP contribution in [0.3, 0.4) is 0 Å². The first-order valence-electron chi connectivity index (χ1n) is 10.4. The van der Waals surface area contributed by atoms with Crippen LogP contribution in [0, 0.1) is 5.92 Å². The van der Waals surface area contributed by atoms with Gasteiger partial charge in [-0.25, -0.2) is 4.79 Å². The summed E-state index contributed by atoms with van der Waals surface area (Å²) in [6, 6.07) is -0.473. The third-order valence-electron chi connectivity index (χ3n) is 5.71. The average Bonchev–Trinajstić information content (AvgIpc) is 2.87. The van der Waals surface area contributed by atoms with Crippen LogP contribution in [0.5, 0.6) is 0 Å². The summed E-state index contributed by atoms with van der Waals surface area (Å²) in [6.07, 6.45) is 6.80. The monoisotopic (exact) mass is 395 g/mol. The highest BCUT2D eigenvalue weighted by atomic mass is 16.5. The van der Waals surface area contributed by atoms with E-state index in [-0.39, 0.29) is 11.9 Å². The summed E-state index contributed by atoms with van der Waals surface area (Å²) in [5.74, 6) is -1.10. The van der Waals surface area contributed by atoms with Gasteiger partial charge in [0.15, 0.2) is 6.61 Å². The molecule has 1 aliphatic heterocycles. The van der Waals surface area contributed by atoms with Gasteiger partial charge in [0.1, 0.15) is 12.1 Å². The van der Waals surface area contributed by atoms with E-state index in [1.807, 2.05) is 13.8 Å². The Hall–Kier alpha value is -2.12. The lowest BCUT2D eigenvalue weighted by atomic mass is 9.86. The number of ether oxygens (including phenoxy) is 1. The molecule has 1 aliphatic carbocycles. The van der Waals surface area contributed by atoms with Crippen molar-refractivity contribution in [1.29, 1.82) is 0 Å². The Labute approximate surface area is 166 Å². The Bertz CT molecular complexity index is 601. The van der Waals surface area contributed by atoms with Gasteiger partial charge in [0.25, 0.3) is 11.8 Å². The Morgan fingerprint density at radius 1 is 1.18 bits per heavy atom. The summed E-state index contributed by atoms with van der Waals surface area (Å²) in [6.45, 7) is 5.11. The normalized spacial score (nSPS) is 24.0. The number of carbonyl (C=O) groups is 4. The first-order valence-corrected chi connectivity index (χ1v) is 10.4. The Balaban J connectivity index is 1.84. The average molecular weight is 396 g/mol. The lowest BCUT2D eigenvalue weighted by molar-refractivity contribution is -0.151. The summed E-state index contributed by atoms with van der Waals surface area (Å²) in [5.41, 5.74) is -0.935. The maximum atomic E-state index is 12.7. The minimum Gasteiger partial charge on any atom is -0.454 e. The summed E-state index contributed by atoms with van der Waals surface area (Å²) < 4.78 is 5.00. The SMILES string of the molecule is CCCC1(CCC)NC(=O)N(CC(=O)OCC(=O)N[C@@H]2CCCC[C@H]2C)C1=O. The highest BCUT2D eigenvalue weighted by Gasteiger charge is 2.50.